The molecule has 0 fully saturated rings. The Hall–Kier alpha value is -3.28. The van der Waals surface area contributed by atoms with E-state index < -0.39 is 28.5 Å². The van der Waals surface area contributed by atoms with Crippen molar-refractivity contribution < 1.29 is 22.7 Å². The number of benzene rings is 2. The number of rotatable bonds is 10. The number of nitrogens with zero attached hydrogens (tertiary/aromatic N) is 3. The van der Waals surface area contributed by atoms with Gasteiger partial charge in [0.2, 0.25) is 10.0 Å². The van der Waals surface area contributed by atoms with Gasteiger partial charge in [-0.1, -0.05) is 49.6 Å². The van der Waals surface area contributed by atoms with Crippen LogP contribution in [0.4, 0.5) is 5.69 Å². The summed E-state index contributed by atoms with van der Waals surface area (Å²) in [6, 6.07) is 10.4. The van der Waals surface area contributed by atoms with E-state index in [9.17, 15) is 22.8 Å². The molecule has 0 bridgehead atoms. The molecular formula is C24H27ClN4O6S. The van der Waals surface area contributed by atoms with Gasteiger partial charge in [-0.3, -0.25) is 9.59 Å². The first-order valence-electron chi connectivity index (χ1n) is 11.2. The number of hydrogen-bond acceptors (Lipinski definition) is 7. The second kappa shape index (κ2) is 11.6. The van der Waals surface area contributed by atoms with Gasteiger partial charge in [-0.2, -0.15) is 5.10 Å². The molecular weight excluding hydrogens is 508 g/mol. The van der Waals surface area contributed by atoms with E-state index in [-0.39, 0.29) is 26.9 Å². The van der Waals surface area contributed by atoms with Crippen LogP contribution < -0.4 is 10.9 Å². The lowest BCUT2D eigenvalue weighted by Gasteiger charge is -2.14. The highest BCUT2D eigenvalue weighted by Gasteiger charge is 2.21. The molecule has 3 aromatic rings. The zero-order valence-corrected chi connectivity index (χ0v) is 21.7. The second-order valence-electron chi connectivity index (χ2n) is 8.18. The summed E-state index contributed by atoms with van der Waals surface area (Å²) in [5, 5.41) is 7.42. The lowest BCUT2D eigenvalue weighted by atomic mass is 10.1. The van der Waals surface area contributed by atoms with E-state index in [0.717, 1.165) is 23.6 Å². The first kappa shape index (κ1) is 27.3. The van der Waals surface area contributed by atoms with Crippen LogP contribution in [0.5, 0.6) is 0 Å². The number of fused-ring (bicyclic) bond motifs is 1. The van der Waals surface area contributed by atoms with Crippen molar-refractivity contribution in [2.45, 2.75) is 37.6 Å². The van der Waals surface area contributed by atoms with Crippen molar-refractivity contribution in [3.63, 3.8) is 0 Å². The number of ether oxygens (including phenoxy) is 1. The third-order valence-electron chi connectivity index (χ3n) is 5.36. The molecule has 36 heavy (non-hydrogen) atoms. The van der Waals surface area contributed by atoms with E-state index in [1.165, 1.54) is 37.0 Å². The van der Waals surface area contributed by atoms with Crippen LogP contribution in [0.15, 0.2) is 52.2 Å². The predicted molar refractivity (Wildman–Crippen MR) is 137 cm³/mol. The number of amides is 1. The number of sulfonamides is 1. The number of hydrogen-bond donors (Lipinski definition) is 1. The number of carbonyl (C=O) groups excluding carboxylic acids is 2. The van der Waals surface area contributed by atoms with E-state index in [2.05, 4.69) is 10.4 Å². The molecule has 0 aliphatic rings. The SMILES string of the molecule is CCCCCn1nc(C(=O)OCC(=O)Nc2cc(S(=O)(=O)N(C)C)ccc2Cl)c2ccccc2c1=O. The number of esters is 1. The zero-order chi connectivity index (χ0) is 26.5. The maximum atomic E-state index is 12.8. The van der Waals surface area contributed by atoms with Crippen LogP contribution in [-0.4, -0.2) is 55.1 Å². The first-order valence-corrected chi connectivity index (χ1v) is 13.1. The molecule has 1 heterocycles. The van der Waals surface area contributed by atoms with Gasteiger partial charge in [0.05, 0.1) is 21.0 Å². The summed E-state index contributed by atoms with van der Waals surface area (Å²) in [6.07, 6.45) is 2.59. The molecule has 0 radical (unpaired) electrons. The number of anilines is 1. The quantitative estimate of drug-likeness (QED) is 0.312. The Morgan fingerprint density at radius 3 is 2.47 bits per heavy atom. The molecule has 192 valence electrons. The summed E-state index contributed by atoms with van der Waals surface area (Å²) in [7, 11) is -0.986. The Bertz CT molecular complexity index is 1450. The summed E-state index contributed by atoms with van der Waals surface area (Å²) in [6.45, 7) is 1.71. The molecule has 1 aromatic heterocycles. The topological polar surface area (TPSA) is 128 Å². The fourth-order valence-electron chi connectivity index (χ4n) is 3.41. The molecule has 10 nitrogen and oxygen atoms in total. The van der Waals surface area contributed by atoms with Crippen LogP contribution in [0.2, 0.25) is 5.02 Å². The van der Waals surface area contributed by atoms with Crippen LogP contribution in [0, 0.1) is 0 Å². The smallest absolute Gasteiger partial charge is 0.359 e. The minimum atomic E-state index is -3.75. The third-order valence-corrected chi connectivity index (χ3v) is 7.50. The van der Waals surface area contributed by atoms with E-state index in [0.29, 0.717) is 17.3 Å². The molecule has 2 aromatic carbocycles. The number of aromatic nitrogens is 2. The van der Waals surface area contributed by atoms with Crippen LogP contribution in [0.3, 0.4) is 0 Å². The van der Waals surface area contributed by atoms with Crippen LogP contribution in [0.1, 0.15) is 36.7 Å². The molecule has 1 N–H and O–H groups in total. The second-order valence-corrected chi connectivity index (χ2v) is 10.7. The molecule has 3 rings (SSSR count). The van der Waals surface area contributed by atoms with Crippen molar-refractivity contribution >= 4 is 50.0 Å². The minimum Gasteiger partial charge on any atom is -0.451 e. The lowest BCUT2D eigenvalue weighted by Crippen LogP contribution is -2.28. The Kier molecular flexibility index (Phi) is 8.83. The van der Waals surface area contributed by atoms with Crippen molar-refractivity contribution in [2.24, 2.45) is 0 Å². The van der Waals surface area contributed by atoms with Gasteiger partial charge in [0.15, 0.2) is 12.3 Å². The van der Waals surface area contributed by atoms with Gasteiger partial charge in [0.1, 0.15) is 0 Å². The summed E-state index contributed by atoms with van der Waals surface area (Å²) >= 11 is 6.10. The van der Waals surface area contributed by atoms with Crippen molar-refractivity contribution in [3.8, 4) is 0 Å². The minimum absolute atomic E-state index is 0.0497. The van der Waals surface area contributed by atoms with Gasteiger partial charge in [-0.05, 0) is 30.7 Å². The van der Waals surface area contributed by atoms with E-state index >= 15 is 0 Å². The fourth-order valence-corrected chi connectivity index (χ4v) is 4.50. The summed E-state index contributed by atoms with van der Waals surface area (Å²) in [4.78, 5) is 38.0. The molecule has 0 spiro atoms. The van der Waals surface area contributed by atoms with Crippen LogP contribution >= 0.6 is 11.6 Å². The number of halogens is 1. The van der Waals surface area contributed by atoms with E-state index in [4.69, 9.17) is 16.3 Å². The van der Waals surface area contributed by atoms with Gasteiger partial charge < -0.3 is 10.1 Å². The maximum absolute atomic E-state index is 12.8. The van der Waals surface area contributed by atoms with Gasteiger partial charge in [0, 0.05) is 26.0 Å². The van der Waals surface area contributed by atoms with Gasteiger partial charge in [-0.15, -0.1) is 0 Å². The van der Waals surface area contributed by atoms with E-state index in [1.54, 1.807) is 24.3 Å². The lowest BCUT2D eigenvalue weighted by molar-refractivity contribution is -0.119. The van der Waals surface area contributed by atoms with Crippen molar-refractivity contribution in [1.82, 2.24) is 14.1 Å². The van der Waals surface area contributed by atoms with E-state index in [1.807, 2.05) is 6.92 Å². The number of nitrogens with one attached hydrogen (secondary N) is 1. The molecule has 0 unspecified atom stereocenters. The number of unbranched alkanes of at least 4 members (excludes halogenated alkanes) is 2. The normalized spacial score (nSPS) is 11.6. The Morgan fingerprint density at radius 2 is 1.81 bits per heavy atom. The zero-order valence-electron chi connectivity index (χ0n) is 20.2. The molecule has 0 aliphatic carbocycles. The largest absolute Gasteiger partial charge is 0.451 e. The average Bonchev–Trinajstić information content (AvgIpc) is 2.85. The summed E-state index contributed by atoms with van der Waals surface area (Å²) < 4.78 is 32.2. The van der Waals surface area contributed by atoms with Crippen molar-refractivity contribution in [3.05, 3.63) is 63.5 Å². The first-order chi connectivity index (χ1) is 17.1. The third kappa shape index (κ3) is 6.10. The van der Waals surface area contributed by atoms with Crippen molar-refractivity contribution in [1.29, 1.82) is 0 Å². The highest BCUT2D eigenvalue weighted by molar-refractivity contribution is 7.89. The highest BCUT2D eigenvalue weighted by atomic mass is 35.5. The van der Waals surface area contributed by atoms with Gasteiger partial charge in [0.25, 0.3) is 11.5 Å². The molecule has 0 aliphatic heterocycles. The highest BCUT2D eigenvalue weighted by Crippen LogP contribution is 2.26. The number of aryl methyl sites for hydroxylation is 1. The Labute approximate surface area is 213 Å². The average molecular weight is 535 g/mol. The number of carbonyl (C=O) groups is 2. The molecule has 12 heteroatoms. The molecule has 1 amide bonds. The molecule has 0 saturated carbocycles. The summed E-state index contributed by atoms with van der Waals surface area (Å²) in [5.74, 6) is -1.61. The van der Waals surface area contributed by atoms with Crippen LogP contribution in [0.25, 0.3) is 10.8 Å². The summed E-state index contributed by atoms with van der Waals surface area (Å²) in [5.41, 5.74) is -0.335. The van der Waals surface area contributed by atoms with Gasteiger partial charge >= 0.3 is 5.97 Å². The maximum Gasteiger partial charge on any atom is 0.359 e. The van der Waals surface area contributed by atoms with Crippen molar-refractivity contribution in [2.75, 3.05) is 26.0 Å². The van der Waals surface area contributed by atoms with Gasteiger partial charge in [-0.25, -0.2) is 22.2 Å². The Morgan fingerprint density at radius 1 is 1.11 bits per heavy atom. The molecule has 0 atom stereocenters. The molecule has 0 saturated heterocycles. The Balaban J connectivity index is 1.78. The fraction of sp³-hybridized carbons (Fsp3) is 0.333. The predicted octanol–water partition coefficient (Wildman–Crippen LogP) is 3.29. The van der Waals surface area contributed by atoms with Crippen LogP contribution in [-0.2, 0) is 26.1 Å². The monoisotopic (exact) mass is 534 g/mol. The standard InChI is InChI=1S/C24H27ClN4O6S/c1-4-5-8-13-29-23(31)18-10-7-6-9-17(18)22(27-29)24(32)35-15-21(30)26-20-14-16(11-12-19(20)25)36(33,34)28(2)3/h6-7,9-12,14H,4-5,8,13,15H2,1-3H3,(H,26,30).